The summed E-state index contributed by atoms with van der Waals surface area (Å²) >= 11 is 0. The van der Waals surface area contributed by atoms with E-state index >= 15 is 0 Å². The van der Waals surface area contributed by atoms with Crippen LogP contribution in [0.1, 0.15) is 19.8 Å². The van der Waals surface area contributed by atoms with Crippen LogP contribution in [-0.4, -0.2) is 29.6 Å². The number of nitrogens with one attached hydrogen (secondary N) is 1. The molecule has 0 saturated heterocycles. The monoisotopic (exact) mass is 269 g/mol. The Morgan fingerprint density at radius 1 is 1.42 bits per heavy atom. The van der Waals surface area contributed by atoms with Gasteiger partial charge in [0.15, 0.2) is 11.6 Å². The number of carbonyl (C=O) groups is 2. The van der Waals surface area contributed by atoms with Crippen LogP contribution in [-0.2, 0) is 9.59 Å². The minimum atomic E-state index is -0.976. The molecule has 19 heavy (non-hydrogen) atoms. The van der Waals surface area contributed by atoms with E-state index in [4.69, 9.17) is 9.84 Å². The minimum absolute atomic E-state index is 0.0343. The van der Waals surface area contributed by atoms with Crippen molar-refractivity contribution >= 4 is 11.9 Å². The van der Waals surface area contributed by atoms with E-state index in [-0.39, 0.29) is 31.1 Å². The molecule has 6 heteroatoms. The Kier molecular flexibility index (Phi) is 5.78. The van der Waals surface area contributed by atoms with Gasteiger partial charge in [0, 0.05) is 6.04 Å². The molecule has 1 aromatic rings. The third kappa shape index (κ3) is 5.85. The molecule has 2 N–H and O–H groups in total. The molecular weight excluding hydrogens is 253 g/mol. The quantitative estimate of drug-likeness (QED) is 0.788. The maximum Gasteiger partial charge on any atom is 0.305 e. The van der Waals surface area contributed by atoms with Gasteiger partial charge in [-0.05, 0) is 19.1 Å². The first-order valence-corrected chi connectivity index (χ1v) is 5.87. The second-order valence-electron chi connectivity index (χ2n) is 4.10. The topological polar surface area (TPSA) is 75.6 Å². The van der Waals surface area contributed by atoms with Crippen LogP contribution in [0.3, 0.4) is 0 Å². The number of carbonyl (C=O) groups excluding carboxylic acids is 1. The summed E-state index contributed by atoms with van der Waals surface area (Å²) in [6, 6.07) is 5.47. The SMILES string of the molecule is CC(CC(=O)O)NC(=O)CCOc1ccccc1F. The fourth-order valence-electron chi connectivity index (χ4n) is 1.48. The normalized spacial score (nSPS) is 11.7. The Bertz CT molecular complexity index is 450. The fraction of sp³-hybridized carbons (Fsp3) is 0.385. The van der Waals surface area contributed by atoms with Crippen LogP contribution in [0.4, 0.5) is 4.39 Å². The third-order valence-electron chi connectivity index (χ3n) is 2.31. The Labute approximate surface area is 110 Å². The number of halogens is 1. The Morgan fingerprint density at radius 3 is 2.74 bits per heavy atom. The summed E-state index contributed by atoms with van der Waals surface area (Å²) in [5.74, 6) is -1.70. The van der Waals surface area contributed by atoms with Gasteiger partial charge < -0.3 is 15.2 Å². The lowest BCUT2D eigenvalue weighted by atomic mass is 10.2. The van der Waals surface area contributed by atoms with Crippen molar-refractivity contribution in [3.05, 3.63) is 30.1 Å². The molecule has 0 bridgehead atoms. The summed E-state index contributed by atoms with van der Waals surface area (Å²) in [5, 5.41) is 11.1. The van der Waals surface area contributed by atoms with Gasteiger partial charge in [0.2, 0.25) is 5.91 Å². The van der Waals surface area contributed by atoms with Gasteiger partial charge in [0.05, 0.1) is 19.4 Å². The van der Waals surface area contributed by atoms with Crippen LogP contribution in [0.25, 0.3) is 0 Å². The summed E-state index contributed by atoms with van der Waals surface area (Å²) < 4.78 is 18.3. The summed E-state index contributed by atoms with van der Waals surface area (Å²) in [6.07, 6.45) is -0.0990. The van der Waals surface area contributed by atoms with Gasteiger partial charge in [-0.2, -0.15) is 0 Å². The number of carboxylic acid groups (broad SMARTS) is 1. The molecule has 1 rings (SSSR count). The summed E-state index contributed by atoms with van der Waals surface area (Å²) in [6.45, 7) is 1.64. The van der Waals surface area contributed by atoms with Crippen LogP contribution in [0.5, 0.6) is 5.75 Å². The molecule has 0 aliphatic carbocycles. The maximum absolute atomic E-state index is 13.2. The lowest BCUT2D eigenvalue weighted by Crippen LogP contribution is -2.34. The number of aliphatic carboxylic acids is 1. The van der Waals surface area contributed by atoms with E-state index in [1.54, 1.807) is 19.1 Å². The van der Waals surface area contributed by atoms with Gasteiger partial charge in [0.1, 0.15) is 0 Å². The van der Waals surface area contributed by atoms with Gasteiger partial charge in [-0.25, -0.2) is 4.39 Å². The number of amides is 1. The zero-order chi connectivity index (χ0) is 14.3. The lowest BCUT2D eigenvalue weighted by molar-refractivity contribution is -0.137. The van der Waals surface area contributed by atoms with E-state index in [1.807, 2.05) is 0 Å². The van der Waals surface area contributed by atoms with E-state index in [9.17, 15) is 14.0 Å². The number of benzene rings is 1. The predicted octanol–water partition coefficient (Wildman–Crippen LogP) is 1.57. The van der Waals surface area contributed by atoms with Crippen molar-refractivity contribution < 1.29 is 23.8 Å². The molecule has 0 aliphatic heterocycles. The van der Waals surface area contributed by atoms with Crippen molar-refractivity contribution in [3.8, 4) is 5.75 Å². The summed E-state index contributed by atoms with van der Waals surface area (Å²) in [7, 11) is 0. The average molecular weight is 269 g/mol. The van der Waals surface area contributed by atoms with E-state index < -0.39 is 17.8 Å². The number of para-hydroxylation sites is 1. The van der Waals surface area contributed by atoms with Crippen LogP contribution in [0, 0.1) is 5.82 Å². The highest BCUT2D eigenvalue weighted by Crippen LogP contribution is 2.15. The summed E-state index contributed by atoms with van der Waals surface area (Å²) in [4.78, 5) is 21.8. The van der Waals surface area contributed by atoms with Gasteiger partial charge >= 0.3 is 5.97 Å². The van der Waals surface area contributed by atoms with Gasteiger partial charge in [0.25, 0.3) is 0 Å². The number of ether oxygens (including phenoxy) is 1. The maximum atomic E-state index is 13.2. The molecule has 0 heterocycles. The van der Waals surface area contributed by atoms with E-state index in [2.05, 4.69) is 5.32 Å². The van der Waals surface area contributed by atoms with E-state index in [0.717, 1.165) is 0 Å². The molecule has 5 nitrogen and oxygen atoms in total. The van der Waals surface area contributed by atoms with Crippen molar-refractivity contribution in [1.82, 2.24) is 5.32 Å². The molecule has 0 radical (unpaired) electrons. The largest absolute Gasteiger partial charge is 0.490 e. The zero-order valence-electron chi connectivity index (χ0n) is 10.6. The van der Waals surface area contributed by atoms with Gasteiger partial charge in [-0.15, -0.1) is 0 Å². The molecule has 1 atom stereocenters. The molecule has 0 fully saturated rings. The zero-order valence-corrected chi connectivity index (χ0v) is 10.6. The van der Waals surface area contributed by atoms with Crippen molar-refractivity contribution in [2.45, 2.75) is 25.8 Å². The van der Waals surface area contributed by atoms with Gasteiger partial charge in [-0.1, -0.05) is 12.1 Å². The highest BCUT2D eigenvalue weighted by atomic mass is 19.1. The molecule has 0 aromatic heterocycles. The second-order valence-corrected chi connectivity index (χ2v) is 4.10. The molecule has 1 amide bonds. The molecule has 0 spiro atoms. The van der Waals surface area contributed by atoms with Crippen molar-refractivity contribution in [2.24, 2.45) is 0 Å². The number of rotatable bonds is 7. The highest BCUT2D eigenvalue weighted by Gasteiger charge is 2.11. The molecule has 1 unspecified atom stereocenters. The number of carboxylic acids is 1. The Hall–Kier alpha value is -2.11. The number of hydrogen-bond acceptors (Lipinski definition) is 3. The van der Waals surface area contributed by atoms with Gasteiger partial charge in [-0.3, -0.25) is 9.59 Å². The molecule has 0 aliphatic rings. The molecule has 1 aromatic carbocycles. The van der Waals surface area contributed by atoms with Crippen LogP contribution < -0.4 is 10.1 Å². The van der Waals surface area contributed by atoms with E-state index in [1.165, 1.54) is 12.1 Å². The Morgan fingerprint density at radius 2 is 2.11 bits per heavy atom. The predicted molar refractivity (Wildman–Crippen MR) is 66.4 cm³/mol. The lowest BCUT2D eigenvalue weighted by Gasteiger charge is -2.12. The van der Waals surface area contributed by atoms with E-state index in [0.29, 0.717) is 0 Å². The summed E-state index contributed by atoms with van der Waals surface area (Å²) in [5.41, 5.74) is 0. The molecule has 104 valence electrons. The highest BCUT2D eigenvalue weighted by molar-refractivity contribution is 5.77. The van der Waals surface area contributed by atoms with Crippen molar-refractivity contribution in [2.75, 3.05) is 6.61 Å². The molecular formula is C13H16FNO4. The standard InChI is InChI=1S/C13H16FNO4/c1-9(8-13(17)18)15-12(16)6-7-19-11-5-3-2-4-10(11)14/h2-5,9H,6-8H2,1H3,(H,15,16)(H,17,18). The first-order chi connectivity index (χ1) is 8.99. The Balaban J connectivity index is 2.28. The molecule has 0 saturated carbocycles. The minimum Gasteiger partial charge on any atom is -0.490 e. The van der Waals surface area contributed by atoms with Crippen LogP contribution >= 0.6 is 0 Å². The fourth-order valence-corrected chi connectivity index (χ4v) is 1.48. The smallest absolute Gasteiger partial charge is 0.305 e. The van der Waals surface area contributed by atoms with Crippen molar-refractivity contribution in [3.63, 3.8) is 0 Å². The first kappa shape index (κ1) is 14.9. The average Bonchev–Trinajstić information content (AvgIpc) is 2.30. The van der Waals surface area contributed by atoms with Crippen molar-refractivity contribution in [1.29, 1.82) is 0 Å². The second kappa shape index (κ2) is 7.35. The number of hydrogen-bond donors (Lipinski definition) is 2. The first-order valence-electron chi connectivity index (χ1n) is 5.87. The third-order valence-corrected chi connectivity index (χ3v) is 2.31. The van der Waals surface area contributed by atoms with Crippen LogP contribution in [0.15, 0.2) is 24.3 Å². The van der Waals surface area contributed by atoms with Crippen LogP contribution in [0.2, 0.25) is 0 Å².